The number of allylic oxidation sites excluding steroid dienone is 2. The van der Waals surface area contributed by atoms with Gasteiger partial charge in [-0.25, -0.2) is 14.4 Å². The van der Waals surface area contributed by atoms with Crippen LogP contribution in [-0.4, -0.2) is 95.2 Å². The van der Waals surface area contributed by atoms with E-state index in [0.717, 1.165) is 32.1 Å². The molecule has 2 aliphatic heterocycles. The van der Waals surface area contributed by atoms with Crippen molar-refractivity contribution in [2.24, 2.45) is 11.7 Å². The number of hydrogen-bond donors (Lipinski definition) is 4. The summed E-state index contributed by atoms with van der Waals surface area (Å²) in [5, 5.41) is 27.1. The molecule has 0 aromatic heterocycles. The number of carboxylic acids is 1. The molecule has 1 amide bonds. The SMILES string of the molecule is CC(C)(C)N.CCC[C@H](N[C@@H](C)C(=O)N1[C@H](C(=O)O)C[C@@H]2CCCC[C@@H]21)C(=O)OCC.COC(=O)C1=C(C)NC(C)=C(C(=O)OC)C1c1ccccc1[N+](=O)[O-]. The third-order valence-corrected chi connectivity index (χ3v) is 9.61. The Morgan fingerprint density at radius 1 is 1.02 bits per heavy atom. The molecule has 3 aliphatic rings. The quantitative estimate of drug-likeness (QED) is 0.0960. The number of esters is 3. The van der Waals surface area contributed by atoms with Gasteiger partial charge in [-0.05, 0) is 80.1 Å². The largest absolute Gasteiger partial charge is 0.480 e. The van der Waals surface area contributed by atoms with Gasteiger partial charge in [-0.15, -0.1) is 0 Å². The van der Waals surface area contributed by atoms with Gasteiger partial charge in [0.05, 0.1) is 48.9 Å². The van der Waals surface area contributed by atoms with Crippen LogP contribution in [-0.2, 0) is 38.2 Å². The van der Waals surface area contributed by atoms with Crippen LogP contribution < -0.4 is 16.4 Å². The summed E-state index contributed by atoms with van der Waals surface area (Å²) in [4.78, 5) is 74.1. The van der Waals surface area contributed by atoms with Gasteiger partial charge in [0, 0.05) is 34.6 Å². The zero-order chi connectivity index (χ0) is 42.5. The van der Waals surface area contributed by atoms with Gasteiger partial charge in [0.2, 0.25) is 5.91 Å². The van der Waals surface area contributed by atoms with E-state index < -0.39 is 46.9 Å². The Morgan fingerprint density at radius 3 is 2.04 bits per heavy atom. The number of aliphatic carboxylic acids is 1. The molecule has 16 nitrogen and oxygen atoms in total. The number of para-hydroxylation sites is 1. The molecular weight excluding hydrogens is 726 g/mol. The minimum atomic E-state index is -0.970. The van der Waals surface area contributed by atoms with Crippen LogP contribution in [0.3, 0.4) is 0 Å². The molecule has 1 aromatic rings. The number of amides is 1. The summed E-state index contributed by atoms with van der Waals surface area (Å²) in [7, 11) is 2.42. The van der Waals surface area contributed by atoms with Gasteiger partial charge in [-0.1, -0.05) is 44.4 Å². The lowest BCUT2D eigenvalue weighted by Crippen LogP contribution is -2.55. The predicted octanol–water partition coefficient (Wildman–Crippen LogP) is 4.86. The molecule has 4 rings (SSSR count). The summed E-state index contributed by atoms with van der Waals surface area (Å²) < 4.78 is 14.7. The van der Waals surface area contributed by atoms with Crippen molar-refractivity contribution in [3.63, 3.8) is 0 Å². The van der Waals surface area contributed by atoms with Crippen LogP contribution in [0.25, 0.3) is 0 Å². The summed E-state index contributed by atoms with van der Waals surface area (Å²) >= 11 is 0. The highest BCUT2D eigenvalue weighted by atomic mass is 16.6. The van der Waals surface area contributed by atoms with Gasteiger partial charge in [0.25, 0.3) is 5.69 Å². The monoisotopic (exact) mass is 787 g/mol. The maximum atomic E-state index is 13.1. The van der Waals surface area contributed by atoms with E-state index in [9.17, 15) is 39.2 Å². The molecule has 1 aliphatic carbocycles. The predicted molar refractivity (Wildman–Crippen MR) is 209 cm³/mol. The number of carbonyl (C=O) groups excluding carboxylic acids is 4. The third kappa shape index (κ3) is 12.6. The van der Waals surface area contributed by atoms with E-state index in [1.807, 2.05) is 27.7 Å². The topological polar surface area (TPSA) is 230 Å². The second-order valence-corrected chi connectivity index (χ2v) is 15.2. The van der Waals surface area contributed by atoms with Crippen molar-refractivity contribution in [2.75, 3.05) is 20.8 Å². The van der Waals surface area contributed by atoms with Gasteiger partial charge < -0.3 is 35.3 Å². The Kier molecular flexibility index (Phi) is 18.1. The van der Waals surface area contributed by atoms with Crippen LogP contribution in [0.15, 0.2) is 46.8 Å². The molecule has 1 saturated carbocycles. The first-order valence-electron chi connectivity index (χ1n) is 19.1. The molecule has 2 heterocycles. The summed E-state index contributed by atoms with van der Waals surface area (Å²) in [6.07, 6.45) is 5.87. The molecule has 5 atom stereocenters. The van der Waals surface area contributed by atoms with E-state index in [4.69, 9.17) is 19.9 Å². The lowest BCUT2D eigenvalue weighted by Gasteiger charge is -2.35. The highest BCUT2D eigenvalue weighted by Crippen LogP contribution is 2.43. The fourth-order valence-corrected chi connectivity index (χ4v) is 7.36. The van der Waals surface area contributed by atoms with Crippen LogP contribution in [0.2, 0.25) is 0 Å². The number of ether oxygens (including phenoxy) is 3. The Bertz CT molecular complexity index is 1610. The molecule has 5 N–H and O–H groups in total. The number of methoxy groups -OCH3 is 2. The second kappa shape index (κ2) is 21.5. The average Bonchev–Trinajstić information content (AvgIpc) is 3.53. The lowest BCUT2D eigenvalue weighted by molar-refractivity contribution is -0.385. The van der Waals surface area contributed by atoms with E-state index in [0.29, 0.717) is 30.8 Å². The average molecular weight is 788 g/mol. The molecule has 16 heteroatoms. The minimum absolute atomic E-state index is 0. The number of likely N-dealkylation sites (tertiary alicyclic amines) is 1. The molecule has 1 saturated heterocycles. The highest BCUT2D eigenvalue weighted by molar-refractivity contribution is 6.00. The van der Waals surface area contributed by atoms with Crippen molar-refractivity contribution in [3.8, 4) is 0 Å². The lowest BCUT2D eigenvalue weighted by atomic mass is 9.79. The Hall–Kier alpha value is -4.83. The highest BCUT2D eigenvalue weighted by Gasteiger charge is 2.48. The third-order valence-electron chi connectivity index (χ3n) is 9.61. The number of dihydropyridines is 1. The van der Waals surface area contributed by atoms with Crippen molar-refractivity contribution < 1.29 is 48.2 Å². The maximum absolute atomic E-state index is 13.1. The first-order chi connectivity index (χ1) is 26.2. The molecule has 312 valence electrons. The standard InChI is InChI=1S/C19H32N2O5.C17H18N2O6.C4H11N/c1-4-8-14(19(25)26-5-2)20-12(3)17(22)21-15-10-7-6-9-13(15)11-16(21)18(23)24;1-9-13(16(20)24-3)15(14(10(2)18-9)17(21)25-4)11-7-5-6-8-12(11)19(22)23;1-4(2,3)5/h12-16,20H,4-11H2,1-3H3,(H,23,24);5-8,15,18H,1-4H3;5H2,1-3H3/t12-,13-,14-,15-,16-;;/m0../s1. The van der Waals surface area contributed by atoms with Gasteiger partial charge in [0.15, 0.2) is 0 Å². The van der Waals surface area contributed by atoms with E-state index in [1.165, 1.54) is 32.4 Å². The number of rotatable bonds is 12. The van der Waals surface area contributed by atoms with Crippen molar-refractivity contribution in [3.05, 3.63) is 62.5 Å². The first-order valence-corrected chi connectivity index (χ1v) is 19.1. The van der Waals surface area contributed by atoms with Crippen LogP contribution in [0.1, 0.15) is 112 Å². The summed E-state index contributed by atoms with van der Waals surface area (Å²) in [6.45, 7) is 14.9. The zero-order valence-corrected chi connectivity index (χ0v) is 34.4. The number of nitrogens with two attached hydrogens (primary N) is 1. The van der Waals surface area contributed by atoms with Crippen LogP contribution in [0, 0.1) is 16.0 Å². The Labute approximate surface area is 329 Å². The molecule has 0 unspecified atom stereocenters. The smallest absolute Gasteiger partial charge is 0.336 e. The number of nitro groups is 1. The van der Waals surface area contributed by atoms with Crippen molar-refractivity contribution in [1.82, 2.24) is 15.5 Å². The van der Waals surface area contributed by atoms with Gasteiger partial charge in [-0.3, -0.25) is 25.0 Å². The number of fused-ring (bicyclic) bond motifs is 1. The van der Waals surface area contributed by atoms with Crippen LogP contribution in [0.5, 0.6) is 0 Å². The molecule has 0 bridgehead atoms. The normalized spacial score (nSPS) is 20.5. The Morgan fingerprint density at radius 2 is 1.55 bits per heavy atom. The molecule has 0 spiro atoms. The number of carboxylic acid groups (broad SMARTS) is 1. The number of benzene rings is 1. The van der Waals surface area contributed by atoms with Gasteiger partial charge >= 0.3 is 23.9 Å². The maximum Gasteiger partial charge on any atom is 0.336 e. The molecule has 1 aromatic carbocycles. The number of nitrogens with zero attached hydrogens (tertiary/aromatic N) is 2. The number of hydrogen-bond acceptors (Lipinski definition) is 13. The van der Waals surface area contributed by atoms with Crippen LogP contribution >= 0.6 is 0 Å². The number of nitrogens with one attached hydrogen (secondary N) is 2. The fourth-order valence-electron chi connectivity index (χ4n) is 7.36. The zero-order valence-electron chi connectivity index (χ0n) is 34.4. The van der Waals surface area contributed by atoms with E-state index in [2.05, 4.69) is 10.6 Å². The van der Waals surface area contributed by atoms with Crippen molar-refractivity contribution in [1.29, 1.82) is 0 Å². The fraction of sp³-hybridized carbons (Fsp3) is 0.625. The van der Waals surface area contributed by atoms with Gasteiger partial charge in [0.1, 0.15) is 12.1 Å². The van der Waals surface area contributed by atoms with Gasteiger partial charge in [-0.2, -0.15) is 0 Å². The minimum Gasteiger partial charge on any atom is -0.480 e. The summed E-state index contributed by atoms with van der Waals surface area (Å²) in [5.41, 5.74) is 6.55. The molecule has 56 heavy (non-hydrogen) atoms. The number of carbonyl (C=O) groups is 5. The van der Waals surface area contributed by atoms with E-state index >= 15 is 0 Å². The molecular formula is C40H61N5O11. The first kappa shape index (κ1) is 47.3. The second-order valence-electron chi connectivity index (χ2n) is 15.2. The molecule has 2 fully saturated rings. The Balaban J connectivity index is 0.000000345. The van der Waals surface area contributed by atoms with E-state index in [1.54, 1.807) is 38.7 Å². The number of nitro benzene ring substituents is 1. The van der Waals surface area contributed by atoms with Crippen molar-refractivity contribution >= 4 is 35.5 Å². The van der Waals surface area contributed by atoms with E-state index in [-0.39, 0.29) is 51.8 Å². The molecule has 0 radical (unpaired) electrons. The van der Waals surface area contributed by atoms with Crippen molar-refractivity contribution in [2.45, 2.75) is 136 Å². The summed E-state index contributed by atoms with van der Waals surface area (Å²) in [5.74, 6) is -3.57. The summed E-state index contributed by atoms with van der Waals surface area (Å²) in [6, 6.07) is 4.04. The van der Waals surface area contributed by atoms with Crippen LogP contribution in [0.4, 0.5) is 5.69 Å².